The van der Waals surface area contributed by atoms with Gasteiger partial charge in [0.25, 0.3) is 15.9 Å². The van der Waals surface area contributed by atoms with Gasteiger partial charge in [-0.25, -0.2) is 8.42 Å². The van der Waals surface area contributed by atoms with E-state index in [4.69, 9.17) is 0 Å². The van der Waals surface area contributed by atoms with Gasteiger partial charge in [-0.1, -0.05) is 79.2 Å². The number of anilines is 1. The van der Waals surface area contributed by atoms with Gasteiger partial charge in [0, 0.05) is 18.7 Å². The van der Waals surface area contributed by atoms with Crippen LogP contribution in [0.4, 0.5) is 5.69 Å². The number of para-hydroxylation sites is 1. The van der Waals surface area contributed by atoms with Crippen molar-refractivity contribution >= 4 is 21.6 Å². The predicted molar refractivity (Wildman–Crippen MR) is 159 cm³/mol. The zero-order valence-corrected chi connectivity index (χ0v) is 23.4. The predicted octanol–water partition coefficient (Wildman–Crippen LogP) is 6.00. The van der Waals surface area contributed by atoms with E-state index in [1.54, 1.807) is 66.7 Å². The van der Waals surface area contributed by atoms with Crippen LogP contribution in [0.25, 0.3) is 0 Å². The summed E-state index contributed by atoms with van der Waals surface area (Å²) in [5, 5.41) is 2.99. The lowest BCUT2D eigenvalue weighted by Gasteiger charge is -2.26. The lowest BCUT2D eigenvalue weighted by Crippen LogP contribution is -2.30. The highest BCUT2D eigenvalue weighted by molar-refractivity contribution is 7.92. The van der Waals surface area contributed by atoms with E-state index < -0.39 is 10.0 Å². The van der Waals surface area contributed by atoms with Crippen LogP contribution in [0.2, 0.25) is 0 Å². The maximum absolute atomic E-state index is 13.5. The molecule has 40 heavy (non-hydrogen) atoms. The van der Waals surface area contributed by atoms with Gasteiger partial charge in [0.1, 0.15) is 0 Å². The fourth-order valence-electron chi connectivity index (χ4n) is 4.98. The van der Waals surface area contributed by atoms with Gasteiger partial charge in [0.2, 0.25) is 0 Å². The first-order valence-corrected chi connectivity index (χ1v) is 15.2. The molecule has 4 aromatic rings. The standard InChI is InChI=1S/C33H35N3O3S/c37-33(34-24-27-14-16-28(17-15-27)25-35-22-8-3-9-23-35)30-20-18-29(19-21-30)26-36(31-10-4-1-5-11-31)40(38,39)32-12-6-2-7-13-32/h1-2,4-7,10-21H,3,8-9,22-26H2,(H,34,37). The molecule has 1 N–H and O–H groups in total. The van der Waals surface area contributed by atoms with Crippen molar-refractivity contribution in [3.63, 3.8) is 0 Å². The largest absolute Gasteiger partial charge is 0.348 e. The smallest absolute Gasteiger partial charge is 0.264 e. The first-order chi connectivity index (χ1) is 19.5. The van der Waals surface area contributed by atoms with Crippen LogP contribution < -0.4 is 9.62 Å². The van der Waals surface area contributed by atoms with Gasteiger partial charge < -0.3 is 5.32 Å². The molecule has 1 fully saturated rings. The number of carbonyl (C=O) groups is 1. The molecule has 0 radical (unpaired) electrons. The van der Waals surface area contributed by atoms with Crippen molar-refractivity contribution in [2.24, 2.45) is 0 Å². The Balaban J connectivity index is 1.21. The fourth-order valence-corrected chi connectivity index (χ4v) is 6.45. The molecule has 0 aliphatic carbocycles. The number of amides is 1. The lowest BCUT2D eigenvalue weighted by molar-refractivity contribution is 0.0951. The number of carbonyl (C=O) groups excluding carboxylic acids is 1. The van der Waals surface area contributed by atoms with Crippen molar-refractivity contribution in [1.82, 2.24) is 10.2 Å². The Morgan fingerprint density at radius 1 is 0.700 bits per heavy atom. The summed E-state index contributed by atoms with van der Waals surface area (Å²) in [4.78, 5) is 15.6. The summed E-state index contributed by atoms with van der Waals surface area (Å²) in [6.45, 7) is 3.91. The first-order valence-electron chi connectivity index (χ1n) is 13.8. The molecule has 0 spiro atoms. The number of nitrogens with zero attached hydrogens (tertiary/aromatic N) is 2. The topological polar surface area (TPSA) is 69.7 Å². The Hall–Kier alpha value is -3.94. The van der Waals surface area contributed by atoms with E-state index in [9.17, 15) is 13.2 Å². The molecule has 0 aromatic heterocycles. The van der Waals surface area contributed by atoms with E-state index in [0.717, 1.165) is 17.7 Å². The van der Waals surface area contributed by atoms with E-state index in [1.807, 2.05) is 18.2 Å². The third-order valence-corrected chi connectivity index (χ3v) is 9.04. The molecule has 1 heterocycles. The molecule has 0 atom stereocenters. The quantitative estimate of drug-likeness (QED) is 0.262. The summed E-state index contributed by atoms with van der Waals surface area (Å²) in [6, 6.07) is 33.0. The van der Waals surface area contributed by atoms with Crippen LogP contribution in [0.1, 0.15) is 46.3 Å². The Kier molecular flexibility index (Phi) is 8.94. The zero-order valence-electron chi connectivity index (χ0n) is 22.6. The van der Waals surface area contributed by atoms with Crippen molar-refractivity contribution in [1.29, 1.82) is 0 Å². The fraction of sp³-hybridized carbons (Fsp3) is 0.242. The van der Waals surface area contributed by atoms with Crippen molar-refractivity contribution in [2.75, 3.05) is 17.4 Å². The number of likely N-dealkylation sites (tertiary alicyclic amines) is 1. The van der Waals surface area contributed by atoms with Gasteiger partial charge in [0.15, 0.2) is 0 Å². The molecule has 1 aliphatic rings. The van der Waals surface area contributed by atoms with E-state index in [1.165, 1.54) is 42.2 Å². The minimum absolute atomic E-state index is 0.146. The van der Waals surface area contributed by atoms with Crippen LogP contribution in [0.5, 0.6) is 0 Å². The molecule has 0 bridgehead atoms. The van der Waals surface area contributed by atoms with Crippen LogP contribution in [0.15, 0.2) is 114 Å². The molecule has 6 nitrogen and oxygen atoms in total. The SMILES string of the molecule is O=C(NCc1ccc(CN2CCCCC2)cc1)c1ccc(CN(c2ccccc2)S(=O)(=O)c2ccccc2)cc1. The molecular formula is C33H35N3O3S. The number of hydrogen-bond donors (Lipinski definition) is 1. The van der Waals surface area contributed by atoms with Crippen molar-refractivity contribution in [3.8, 4) is 0 Å². The van der Waals surface area contributed by atoms with Gasteiger partial charge in [-0.3, -0.25) is 14.0 Å². The molecule has 5 rings (SSSR count). The van der Waals surface area contributed by atoms with Gasteiger partial charge in [-0.15, -0.1) is 0 Å². The van der Waals surface area contributed by atoms with Crippen LogP contribution >= 0.6 is 0 Å². The highest BCUT2D eigenvalue weighted by atomic mass is 32.2. The van der Waals surface area contributed by atoms with Crippen LogP contribution in [-0.4, -0.2) is 32.3 Å². The van der Waals surface area contributed by atoms with E-state index in [0.29, 0.717) is 17.8 Å². The average molecular weight is 554 g/mol. The highest BCUT2D eigenvalue weighted by Gasteiger charge is 2.25. The van der Waals surface area contributed by atoms with Gasteiger partial charge in [-0.05, 0) is 79.0 Å². The molecule has 1 aliphatic heterocycles. The molecule has 4 aromatic carbocycles. The Morgan fingerprint density at radius 3 is 1.93 bits per heavy atom. The second kappa shape index (κ2) is 12.9. The highest BCUT2D eigenvalue weighted by Crippen LogP contribution is 2.26. The second-order valence-electron chi connectivity index (χ2n) is 10.2. The van der Waals surface area contributed by atoms with Crippen molar-refractivity contribution in [2.45, 2.75) is 43.8 Å². The van der Waals surface area contributed by atoms with Crippen LogP contribution in [0.3, 0.4) is 0 Å². The number of hydrogen-bond acceptors (Lipinski definition) is 4. The molecule has 1 amide bonds. The molecular weight excluding hydrogens is 518 g/mol. The monoisotopic (exact) mass is 553 g/mol. The molecule has 0 unspecified atom stereocenters. The molecule has 206 valence electrons. The minimum atomic E-state index is -3.78. The molecule has 0 saturated carbocycles. The average Bonchev–Trinajstić information content (AvgIpc) is 3.01. The van der Waals surface area contributed by atoms with E-state index in [2.05, 4.69) is 34.5 Å². The van der Waals surface area contributed by atoms with Crippen molar-refractivity contribution < 1.29 is 13.2 Å². The number of rotatable bonds is 10. The lowest BCUT2D eigenvalue weighted by atomic mass is 10.1. The number of sulfonamides is 1. The van der Waals surface area contributed by atoms with Gasteiger partial charge in [-0.2, -0.15) is 0 Å². The third kappa shape index (κ3) is 6.97. The Bertz CT molecular complexity index is 1480. The summed E-state index contributed by atoms with van der Waals surface area (Å²) in [6.07, 6.45) is 3.90. The first kappa shape index (κ1) is 27.6. The second-order valence-corrected chi connectivity index (χ2v) is 12.1. The number of nitrogens with one attached hydrogen (secondary N) is 1. The molecule has 1 saturated heterocycles. The summed E-state index contributed by atoms with van der Waals surface area (Å²) in [5.74, 6) is -0.166. The maximum atomic E-state index is 13.5. The van der Waals surface area contributed by atoms with E-state index >= 15 is 0 Å². The maximum Gasteiger partial charge on any atom is 0.264 e. The zero-order chi connectivity index (χ0) is 27.8. The molecule has 7 heteroatoms. The third-order valence-electron chi connectivity index (χ3n) is 7.25. The van der Waals surface area contributed by atoms with Crippen LogP contribution in [0, 0.1) is 0 Å². The normalized spacial score (nSPS) is 14.0. The van der Waals surface area contributed by atoms with Gasteiger partial charge in [0.05, 0.1) is 17.1 Å². The van der Waals surface area contributed by atoms with Crippen LogP contribution in [-0.2, 0) is 29.7 Å². The Morgan fingerprint density at radius 2 is 1.27 bits per heavy atom. The Labute approximate surface area is 237 Å². The van der Waals surface area contributed by atoms with Gasteiger partial charge >= 0.3 is 0 Å². The number of benzene rings is 4. The van der Waals surface area contributed by atoms with Crippen molar-refractivity contribution in [3.05, 3.63) is 131 Å². The summed E-state index contributed by atoms with van der Waals surface area (Å²) >= 11 is 0. The summed E-state index contributed by atoms with van der Waals surface area (Å²) < 4.78 is 28.4. The minimum Gasteiger partial charge on any atom is -0.348 e. The summed E-state index contributed by atoms with van der Waals surface area (Å²) in [5.41, 5.74) is 4.24. The number of piperidine rings is 1. The van der Waals surface area contributed by atoms with E-state index in [-0.39, 0.29) is 17.3 Å². The summed E-state index contributed by atoms with van der Waals surface area (Å²) in [7, 11) is -3.78.